The van der Waals surface area contributed by atoms with Crippen molar-refractivity contribution in [3.63, 3.8) is 0 Å². The third-order valence-corrected chi connectivity index (χ3v) is 5.87. The van der Waals surface area contributed by atoms with Gasteiger partial charge in [0.2, 0.25) is 0 Å². The molecule has 0 atom stereocenters. The summed E-state index contributed by atoms with van der Waals surface area (Å²) in [5, 5.41) is 0.564. The van der Waals surface area contributed by atoms with Gasteiger partial charge in [-0.2, -0.15) is 0 Å². The van der Waals surface area contributed by atoms with Crippen molar-refractivity contribution >= 4 is 46.8 Å². The van der Waals surface area contributed by atoms with Crippen LogP contribution in [0.3, 0.4) is 0 Å². The summed E-state index contributed by atoms with van der Waals surface area (Å²) in [5.41, 5.74) is 6.81. The van der Waals surface area contributed by atoms with E-state index in [0.29, 0.717) is 15.5 Å². The number of ether oxygens (including phenoxy) is 2. The molecule has 8 heteroatoms. The number of rotatable bonds is 3. The van der Waals surface area contributed by atoms with Crippen LogP contribution in [-0.2, 0) is 4.74 Å². The van der Waals surface area contributed by atoms with E-state index in [1.54, 1.807) is 48.5 Å². The van der Waals surface area contributed by atoms with Crippen LogP contribution in [0.25, 0.3) is 0 Å². The normalized spacial score (nSPS) is 12.2. The lowest BCUT2D eigenvalue weighted by Crippen LogP contribution is -2.24. The Hall–Kier alpha value is -3.29. The molecule has 1 aliphatic carbocycles. The number of ketones is 2. The fourth-order valence-electron chi connectivity index (χ4n) is 3.19. The summed E-state index contributed by atoms with van der Waals surface area (Å²) in [7, 11) is 1.16. The van der Waals surface area contributed by atoms with E-state index in [0.717, 1.165) is 12.0 Å². The molecule has 2 N–H and O–H groups in total. The van der Waals surface area contributed by atoms with Crippen LogP contribution in [0.4, 0.5) is 10.5 Å². The van der Waals surface area contributed by atoms with Gasteiger partial charge in [0.15, 0.2) is 17.3 Å². The van der Waals surface area contributed by atoms with E-state index in [1.165, 1.54) is 17.8 Å². The van der Waals surface area contributed by atoms with Crippen molar-refractivity contribution in [2.45, 2.75) is 9.79 Å². The van der Waals surface area contributed by atoms with Gasteiger partial charge in [-0.15, -0.1) is 0 Å². The van der Waals surface area contributed by atoms with Crippen LogP contribution in [0.1, 0.15) is 31.8 Å². The molecule has 3 aromatic rings. The van der Waals surface area contributed by atoms with E-state index in [4.69, 9.17) is 22.1 Å². The maximum atomic E-state index is 13.3. The SMILES string of the molecule is COC(=O)Oc1cc(Sc2ccc(Cl)cc2)c2c(c1N)C(=O)c1ccccc1C2=O. The van der Waals surface area contributed by atoms with Crippen LogP contribution in [0, 0.1) is 0 Å². The molecule has 0 fully saturated rings. The minimum Gasteiger partial charge on any atom is -0.437 e. The highest BCUT2D eigenvalue weighted by atomic mass is 35.5. The Morgan fingerprint density at radius 3 is 2.17 bits per heavy atom. The molecule has 0 heterocycles. The zero-order valence-corrected chi connectivity index (χ0v) is 17.2. The van der Waals surface area contributed by atoms with Crippen LogP contribution >= 0.6 is 23.4 Å². The Morgan fingerprint density at radius 2 is 1.57 bits per heavy atom. The van der Waals surface area contributed by atoms with Crippen LogP contribution in [0.15, 0.2) is 64.4 Å². The standard InChI is InChI=1S/C22H14ClNO5S/c1-28-22(27)29-15-10-16(30-12-8-6-11(23)7-9-12)17-18(19(15)24)21(26)14-5-3-2-4-13(14)20(17)25/h2-10H,24H2,1H3. The molecular formula is C22H14ClNO5S. The van der Waals surface area contributed by atoms with Gasteiger partial charge < -0.3 is 15.2 Å². The Kier molecular flexibility index (Phi) is 5.24. The third kappa shape index (κ3) is 3.42. The molecule has 0 aliphatic heterocycles. The van der Waals surface area contributed by atoms with E-state index in [9.17, 15) is 14.4 Å². The van der Waals surface area contributed by atoms with Gasteiger partial charge in [-0.25, -0.2) is 4.79 Å². The zero-order valence-electron chi connectivity index (χ0n) is 15.6. The van der Waals surface area contributed by atoms with E-state index in [-0.39, 0.29) is 33.9 Å². The van der Waals surface area contributed by atoms with Gasteiger partial charge in [0.25, 0.3) is 0 Å². The van der Waals surface area contributed by atoms with Crippen molar-refractivity contribution < 1.29 is 23.9 Å². The quantitative estimate of drug-likeness (QED) is 0.273. The monoisotopic (exact) mass is 439 g/mol. The summed E-state index contributed by atoms with van der Waals surface area (Å²) in [6, 6.07) is 15.0. The minimum atomic E-state index is -0.987. The lowest BCUT2D eigenvalue weighted by molar-refractivity contribution is 0.0976. The summed E-state index contributed by atoms with van der Waals surface area (Å²) in [6.45, 7) is 0. The minimum absolute atomic E-state index is 0.0107. The van der Waals surface area contributed by atoms with Crippen molar-refractivity contribution in [1.29, 1.82) is 0 Å². The number of carbonyl (C=O) groups is 3. The molecule has 0 aromatic heterocycles. The van der Waals surface area contributed by atoms with Crippen LogP contribution in [0.2, 0.25) is 5.02 Å². The predicted octanol–water partition coefficient (Wildman–Crippen LogP) is 4.99. The first kappa shape index (κ1) is 20.0. The highest BCUT2D eigenvalue weighted by molar-refractivity contribution is 7.99. The van der Waals surface area contributed by atoms with E-state index >= 15 is 0 Å². The molecule has 1 aliphatic rings. The van der Waals surface area contributed by atoms with Gasteiger partial charge in [0.05, 0.1) is 23.9 Å². The topological polar surface area (TPSA) is 95.7 Å². The Labute approximate surface area is 180 Å². The van der Waals surface area contributed by atoms with Crippen LogP contribution in [-0.4, -0.2) is 24.8 Å². The second-order valence-electron chi connectivity index (χ2n) is 6.35. The van der Waals surface area contributed by atoms with Gasteiger partial charge >= 0.3 is 6.16 Å². The lowest BCUT2D eigenvalue weighted by Gasteiger charge is -2.23. The number of nitrogens with two attached hydrogens (primary N) is 1. The maximum Gasteiger partial charge on any atom is 0.513 e. The Morgan fingerprint density at radius 1 is 0.967 bits per heavy atom. The summed E-state index contributed by atoms with van der Waals surface area (Å²) < 4.78 is 9.68. The zero-order chi connectivity index (χ0) is 21.4. The summed E-state index contributed by atoms with van der Waals surface area (Å²) in [5.74, 6) is -0.795. The van der Waals surface area contributed by atoms with Gasteiger partial charge in [-0.1, -0.05) is 47.6 Å². The average Bonchev–Trinajstić information content (AvgIpc) is 2.75. The average molecular weight is 440 g/mol. The molecular weight excluding hydrogens is 426 g/mol. The molecule has 6 nitrogen and oxygen atoms in total. The number of halogens is 1. The Bertz CT molecular complexity index is 1210. The number of fused-ring (bicyclic) bond motifs is 2. The fourth-order valence-corrected chi connectivity index (χ4v) is 4.30. The first-order valence-electron chi connectivity index (χ1n) is 8.74. The molecule has 4 rings (SSSR count). The van der Waals surface area contributed by atoms with E-state index in [1.807, 2.05) is 0 Å². The van der Waals surface area contributed by atoms with Crippen molar-refractivity contribution in [3.8, 4) is 5.75 Å². The number of hydrogen-bond acceptors (Lipinski definition) is 7. The van der Waals surface area contributed by atoms with Crippen molar-refractivity contribution in [1.82, 2.24) is 0 Å². The molecule has 0 saturated heterocycles. The largest absolute Gasteiger partial charge is 0.513 e. The highest BCUT2D eigenvalue weighted by Crippen LogP contribution is 2.44. The Balaban J connectivity index is 1.93. The summed E-state index contributed by atoms with van der Waals surface area (Å²) in [4.78, 5) is 39.4. The smallest absolute Gasteiger partial charge is 0.437 e. The van der Waals surface area contributed by atoms with Crippen molar-refractivity contribution in [2.75, 3.05) is 12.8 Å². The lowest BCUT2D eigenvalue weighted by atomic mass is 9.83. The molecule has 0 spiro atoms. The number of hydrogen-bond donors (Lipinski definition) is 1. The van der Waals surface area contributed by atoms with Gasteiger partial charge in [-0.05, 0) is 30.3 Å². The van der Waals surface area contributed by atoms with Gasteiger partial charge in [0.1, 0.15) is 0 Å². The molecule has 3 aromatic carbocycles. The van der Waals surface area contributed by atoms with Crippen LogP contribution < -0.4 is 10.5 Å². The number of anilines is 1. The second kappa shape index (κ2) is 7.85. The number of nitrogen functional groups attached to an aromatic ring is 1. The number of methoxy groups -OCH3 is 1. The fraction of sp³-hybridized carbons (Fsp3) is 0.0455. The molecule has 0 radical (unpaired) electrons. The number of carbonyl (C=O) groups excluding carboxylic acids is 3. The van der Waals surface area contributed by atoms with E-state index < -0.39 is 11.9 Å². The van der Waals surface area contributed by atoms with Crippen molar-refractivity contribution in [2.24, 2.45) is 0 Å². The first-order chi connectivity index (χ1) is 14.4. The molecule has 150 valence electrons. The van der Waals surface area contributed by atoms with Crippen molar-refractivity contribution in [3.05, 3.63) is 81.9 Å². The van der Waals surface area contributed by atoms with Crippen LogP contribution in [0.5, 0.6) is 5.75 Å². The first-order valence-corrected chi connectivity index (χ1v) is 9.94. The highest BCUT2D eigenvalue weighted by Gasteiger charge is 2.35. The third-order valence-electron chi connectivity index (χ3n) is 4.57. The molecule has 30 heavy (non-hydrogen) atoms. The van der Waals surface area contributed by atoms with E-state index in [2.05, 4.69) is 4.74 Å². The molecule has 0 saturated carbocycles. The van der Waals surface area contributed by atoms with Gasteiger partial charge in [-0.3, -0.25) is 9.59 Å². The molecule has 0 bridgehead atoms. The summed E-state index contributed by atoms with van der Waals surface area (Å²) >= 11 is 7.18. The maximum absolute atomic E-state index is 13.3. The number of benzene rings is 3. The molecule has 0 unspecified atom stereocenters. The second-order valence-corrected chi connectivity index (χ2v) is 7.90. The van der Waals surface area contributed by atoms with Gasteiger partial charge in [0, 0.05) is 25.9 Å². The molecule has 0 amide bonds. The predicted molar refractivity (Wildman–Crippen MR) is 113 cm³/mol. The summed E-state index contributed by atoms with van der Waals surface area (Å²) in [6.07, 6.45) is -0.987.